The van der Waals surface area contributed by atoms with E-state index < -0.39 is 11.6 Å². The van der Waals surface area contributed by atoms with Gasteiger partial charge in [-0.25, -0.2) is 9.59 Å². The van der Waals surface area contributed by atoms with Crippen LogP contribution in [-0.2, 0) is 9.53 Å². The lowest BCUT2D eigenvalue weighted by Gasteiger charge is -2.07. The molecule has 0 atom stereocenters. The second-order valence-electron chi connectivity index (χ2n) is 5.12. The summed E-state index contributed by atoms with van der Waals surface area (Å²) in [6.45, 7) is 3.35. The molecule has 0 saturated heterocycles. The zero-order valence-electron chi connectivity index (χ0n) is 13.3. The minimum absolute atomic E-state index is 0.130. The fraction of sp³-hybridized carbons (Fsp3) is 0.105. The molecule has 0 aliphatic heterocycles. The van der Waals surface area contributed by atoms with Crippen LogP contribution in [-0.4, -0.2) is 24.2 Å². The number of rotatable bonds is 6. The Morgan fingerprint density at radius 1 is 1.24 bits per heavy atom. The number of pyridine rings is 1. The van der Waals surface area contributed by atoms with Gasteiger partial charge in [-0.15, -0.1) is 0 Å². The van der Waals surface area contributed by atoms with Gasteiger partial charge in [0.1, 0.15) is 17.9 Å². The summed E-state index contributed by atoms with van der Waals surface area (Å²) in [5.74, 6) is -0.108. The summed E-state index contributed by atoms with van der Waals surface area (Å²) in [5.41, 5.74) is 0.800. The zero-order valence-corrected chi connectivity index (χ0v) is 13.3. The van der Waals surface area contributed by atoms with Gasteiger partial charge in [0.15, 0.2) is 6.61 Å². The molecule has 6 nitrogen and oxygen atoms in total. The average molecular weight is 337 g/mol. The number of ether oxygens (including phenoxy) is 2. The Hall–Kier alpha value is -3.41. The fourth-order valence-corrected chi connectivity index (χ4v) is 2.22. The second kappa shape index (κ2) is 7.44. The van der Waals surface area contributed by atoms with Crippen molar-refractivity contribution >= 4 is 16.9 Å². The van der Waals surface area contributed by atoms with Gasteiger partial charge in [-0.1, -0.05) is 18.7 Å². The number of hydrogen-bond acceptors (Lipinski definition) is 6. The highest BCUT2D eigenvalue weighted by molar-refractivity contribution is 5.82. The van der Waals surface area contributed by atoms with Crippen molar-refractivity contribution < 1.29 is 18.7 Å². The molecule has 0 N–H and O–H groups in total. The Bertz CT molecular complexity index is 962. The van der Waals surface area contributed by atoms with E-state index in [0.29, 0.717) is 22.6 Å². The number of carbonyl (C=O) groups excluding carboxylic acids is 1. The molecule has 0 bridgehead atoms. The molecule has 25 heavy (non-hydrogen) atoms. The molecule has 0 fully saturated rings. The van der Waals surface area contributed by atoms with E-state index in [1.165, 1.54) is 6.08 Å². The predicted molar refractivity (Wildman–Crippen MR) is 92.4 cm³/mol. The van der Waals surface area contributed by atoms with E-state index >= 15 is 0 Å². The highest BCUT2D eigenvalue weighted by Crippen LogP contribution is 2.23. The molecule has 0 aliphatic carbocycles. The van der Waals surface area contributed by atoms with Gasteiger partial charge in [-0.3, -0.25) is 4.98 Å². The van der Waals surface area contributed by atoms with Crippen LogP contribution >= 0.6 is 0 Å². The van der Waals surface area contributed by atoms with Gasteiger partial charge in [0.25, 0.3) is 0 Å². The normalized spacial score (nSPS) is 10.4. The summed E-state index contributed by atoms with van der Waals surface area (Å²) >= 11 is 0. The van der Waals surface area contributed by atoms with Crippen LogP contribution < -0.4 is 10.4 Å². The minimum Gasteiger partial charge on any atom is -0.482 e. The van der Waals surface area contributed by atoms with Gasteiger partial charge in [-0.05, 0) is 30.3 Å². The molecule has 6 heteroatoms. The molecule has 0 spiro atoms. The number of benzene rings is 1. The monoisotopic (exact) mass is 337 g/mol. The maximum Gasteiger partial charge on any atom is 0.345 e. The van der Waals surface area contributed by atoms with Crippen molar-refractivity contribution in [2.24, 2.45) is 0 Å². The molecule has 1 aromatic carbocycles. The maximum absolute atomic E-state index is 12.2. The van der Waals surface area contributed by atoms with Crippen molar-refractivity contribution in [1.82, 2.24) is 4.98 Å². The number of esters is 1. The van der Waals surface area contributed by atoms with Crippen LogP contribution in [0.25, 0.3) is 22.2 Å². The largest absolute Gasteiger partial charge is 0.482 e. The SMILES string of the molecule is C=CCOC(=O)COc1ccc2cc(-c3ccccn3)c(=O)oc2c1. The van der Waals surface area contributed by atoms with Gasteiger partial charge in [0.2, 0.25) is 0 Å². The lowest BCUT2D eigenvalue weighted by molar-refractivity contribution is -0.144. The molecular weight excluding hydrogens is 322 g/mol. The first kappa shape index (κ1) is 16.4. The van der Waals surface area contributed by atoms with E-state index in [2.05, 4.69) is 11.6 Å². The second-order valence-corrected chi connectivity index (χ2v) is 5.12. The highest BCUT2D eigenvalue weighted by Gasteiger charge is 2.10. The van der Waals surface area contributed by atoms with Crippen molar-refractivity contribution in [3.8, 4) is 17.0 Å². The molecule has 2 aromatic heterocycles. The first-order valence-electron chi connectivity index (χ1n) is 7.56. The van der Waals surface area contributed by atoms with Gasteiger partial charge in [-0.2, -0.15) is 0 Å². The molecule has 0 amide bonds. The Labute approximate surface area is 143 Å². The van der Waals surface area contributed by atoms with Crippen LogP contribution in [0, 0.1) is 0 Å². The molecular formula is C19H15NO5. The third kappa shape index (κ3) is 3.92. The highest BCUT2D eigenvalue weighted by atomic mass is 16.6. The predicted octanol–water partition coefficient (Wildman–Crippen LogP) is 2.96. The average Bonchev–Trinajstić information content (AvgIpc) is 2.64. The zero-order chi connectivity index (χ0) is 17.6. The van der Waals surface area contributed by atoms with Crippen molar-refractivity contribution in [2.75, 3.05) is 13.2 Å². The molecule has 3 rings (SSSR count). The van der Waals surface area contributed by atoms with Gasteiger partial charge >= 0.3 is 11.6 Å². The lowest BCUT2D eigenvalue weighted by Crippen LogP contribution is -2.14. The van der Waals surface area contributed by atoms with Crippen LogP contribution in [0.2, 0.25) is 0 Å². The Morgan fingerprint density at radius 3 is 2.88 bits per heavy atom. The quantitative estimate of drug-likeness (QED) is 0.391. The molecule has 126 valence electrons. The smallest absolute Gasteiger partial charge is 0.345 e. The van der Waals surface area contributed by atoms with Crippen molar-refractivity contribution in [1.29, 1.82) is 0 Å². The Balaban J connectivity index is 1.83. The van der Waals surface area contributed by atoms with Crippen LogP contribution in [0.5, 0.6) is 5.75 Å². The van der Waals surface area contributed by atoms with E-state index in [1.807, 2.05) is 0 Å². The van der Waals surface area contributed by atoms with E-state index in [4.69, 9.17) is 13.9 Å². The summed E-state index contributed by atoms with van der Waals surface area (Å²) in [6, 6.07) is 12.0. The van der Waals surface area contributed by atoms with Crippen LogP contribution in [0.15, 0.2) is 70.5 Å². The fourth-order valence-electron chi connectivity index (χ4n) is 2.22. The first-order chi connectivity index (χ1) is 12.2. The number of aromatic nitrogens is 1. The molecule has 3 aromatic rings. The standard InChI is InChI=1S/C19H15NO5/c1-2-9-23-18(21)12-24-14-7-6-13-10-15(16-5-3-4-8-20-16)19(22)25-17(13)11-14/h2-8,10-11H,1,9,12H2. The summed E-state index contributed by atoms with van der Waals surface area (Å²) in [5, 5.41) is 0.724. The van der Waals surface area contributed by atoms with Gasteiger partial charge < -0.3 is 13.9 Å². The van der Waals surface area contributed by atoms with Crippen molar-refractivity contribution in [2.45, 2.75) is 0 Å². The van der Waals surface area contributed by atoms with E-state index in [1.54, 1.807) is 48.7 Å². The molecule has 0 saturated carbocycles. The number of hydrogen-bond donors (Lipinski definition) is 0. The molecule has 0 radical (unpaired) electrons. The van der Waals surface area contributed by atoms with E-state index in [0.717, 1.165) is 5.39 Å². The molecule has 0 aliphatic rings. The lowest BCUT2D eigenvalue weighted by atomic mass is 10.1. The topological polar surface area (TPSA) is 78.6 Å². The van der Waals surface area contributed by atoms with Crippen LogP contribution in [0.1, 0.15) is 0 Å². The summed E-state index contributed by atoms with van der Waals surface area (Å²) in [4.78, 5) is 27.8. The van der Waals surface area contributed by atoms with Crippen molar-refractivity contribution in [3.05, 3.63) is 71.7 Å². The third-order valence-electron chi connectivity index (χ3n) is 3.37. The number of nitrogens with zero attached hydrogens (tertiary/aromatic N) is 1. The van der Waals surface area contributed by atoms with Crippen LogP contribution in [0.3, 0.4) is 0 Å². The Kier molecular flexibility index (Phi) is 4.89. The van der Waals surface area contributed by atoms with E-state index in [-0.39, 0.29) is 13.2 Å². The molecule has 0 unspecified atom stereocenters. The minimum atomic E-state index is -0.507. The first-order valence-corrected chi connectivity index (χ1v) is 7.56. The van der Waals surface area contributed by atoms with Crippen molar-refractivity contribution in [3.63, 3.8) is 0 Å². The number of carbonyl (C=O) groups is 1. The van der Waals surface area contributed by atoms with Crippen LogP contribution in [0.4, 0.5) is 0 Å². The van der Waals surface area contributed by atoms with Gasteiger partial charge in [0, 0.05) is 17.6 Å². The third-order valence-corrected chi connectivity index (χ3v) is 3.37. The number of fused-ring (bicyclic) bond motifs is 1. The summed E-state index contributed by atoms with van der Waals surface area (Å²) in [6.07, 6.45) is 3.09. The summed E-state index contributed by atoms with van der Waals surface area (Å²) in [7, 11) is 0. The Morgan fingerprint density at radius 2 is 2.12 bits per heavy atom. The van der Waals surface area contributed by atoms with E-state index in [9.17, 15) is 9.59 Å². The summed E-state index contributed by atoms with van der Waals surface area (Å²) < 4.78 is 15.5. The molecule has 2 heterocycles. The van der Waals surface area contributed by atoms with Gasteiger partial charge in [0.05, 0.1) is 11.3 Å². The maximum atomic E-state index is 12.2.